The number of carbonyl (C=O) groups is 2. The number of hydrogen-bond donors (Lipinski definition) is 2. The zero-order valence-electron chi connectivity index (χ0n) is 18.7. The van der Waals surface area contributed by atoms with Crippen molar-refractivity contribution >= 4 is 23.6 Å². The Hall–Kier alpha value is -2.51. The number of nitrogens with zero attached hydrogens (tertiary/aromatic N) is 1. The lowest BCUT2D eigenvalue weighted by Crippen LogP contribution is -2.52. The number of carbonyl (C=O) groups excluding carboxylic acids is 2. The maximum atomic E-state index is 12.9. The molecule has 1 atom stereocenters. The van der Waals surface area contributed by atoms with Crippen LogP contribution in [0.3, 0.4) is 0 Å². The number of nitrogens with one attached hydrogen (secondary N) is 2. The molecular formula is C25H33N3O3S. The van der Waals surface area contributed by atoms with Gasteiger partial charge in [-0.1, -0.05) is 48.5 Å². The Morgan fingerprint density at radius 1 is 1.06 bits per heavy atom. The molecule has 3 rings (SSSR count). The number of para-hydroxylation sites is 1. The minimum Gasteiger partial charge on any atom is -0.484 e. The van der Waals surface area contributed by atoms with Gasteiger partial charge < -0.3 is 15.4 Å². The van der Waals surface area contributed by atoms with Crippen LogP contribution in [-0.2, 0) is 16.1 Å². The lowest BCUT2D eigenvalue weighted by atomic mass is 10.0. The fraction of sp³-hybridized carbons (Fsp3) is 0.440. The normalized spacial score (nSPS) is 15.7. The topological polar surface area (TPSA) is 70.7 Å². The van der Waals surface area contributed by atoms with E-state index in [0.717, 1.165) is 38.2 Å². The third-order valence-electron chi connectivity index (χ3n) is 5.56. The summed E-state index contributed by atoms with van der Waals surface area (Å²) in [7, 11) is 0. The third-order valence-corrected chi connectivity index (χ3v) is 6.20. The Bertz CT molecular complexity index is 827. The molecule has 2 aromatic carbocycles. The molecule has 0 aromatic heterocycles. The van der Waals surface area contributed by atoms with E-state index in [1.165, 1.54) is 5.56 Å². The molecule has 0 saturated carbocycles. The van der Waals surface area contributed by atoms with E-state index in [9.17, 15) is 9.59 Å². The van der Waals surface area contributed by atoms with E-state index >= 15 is 0 Å². The molecule has 0 bridgehead atoms. The van der Waals surface area contributed by atoms with Crippen molar-refractivity contribution in [2.45, 2.75) is 37.9 Å². The Labute approximate surface area is 195 Å². The molecule has 1 aliphatic rings. The molecule has 1 saturated heterocycles. The second-order valence-corrected chi connectivity index (χ2v) is 9.03. The number of ether oxygens (including phenoxy) is 1. The van der Waals surface area contributed by atoms with Crippen LogP contribution >= 0.6 is 11.8 Å². The maximum Gasteiger partial charge on any atom is 0.258 e. The third kappa shape index (κ3) is 8.20. The molecule has 2 amide bonds. The van der Waals surface area contributed by atoms with Crippen LogP contribution in [0.2, 0.25) is 0 Å². The van der Waals surface area contributed by atoms with E-state index in [1.807, 2.05) is 30.5 Å². The monoisotopic (exact) mass is 455 g/mol. The minimum absolute atomic E-state index is 0.103. The molecular weight excluding hydrogens is 422 g/mol. The lowest BCUT2D eigenvalue weighted by molar-refractivity contribution is -0.130. The van der Waals surface area contributed by atoms with Crippen molar-refractivity contribution in [3.8, 4) is 5.75 Å². The Balaban J connectivity index is 1.44. The largest absolute Gasteiger partial charge is 0.484 e. The average Bonchev–Trinajstić information content (AvgIpc) is 2.83. The van der Waals surface area contributed by atoms with Crippen LogP contribution in [0.15, 0.2) is 60.7 Å². The highest BCUT2D eigenvalue weighted by Crippen LogP contribution is 2.14. The number of hydrogen-bond acceptors (Lipinski definition) is 5. The summed E-state index contributed by atoms with van der Waals surface area (Å²) < 4.78 is 5.51. The first-order valence-corrected chi connectivity index (χ1v) is 12.6. The summed E-state index contributed by atoms with van der Waals surface area (Å²) in [6, 6.07) is 19.3. The van der Waals surface area contributed by atoms with Gasteiger partial charge in [-0.3, -0.25) is 14.5 Å². The number of amides is 2. The van der Waals surface area contributed by atoms with Crippen LogP contribution < -0.4 is 15.4 Å². The Morgan fingerprint density at radius 3 is 2.38 bits per heavy atom. The van der Waals surface area contributed by atoms with E-state index in [2.05, 4.69) is 39.8 Å². The second kappa shape index (κ2) is 13.1. The molecule has 0 radical (unpaired) electrons. The molecule has 172 valence electrons. The highest BCUT2D eigenvalue weighted by molar-refractivity contribution is 7.98. The zero-order chi connectivity index (χ0) is 22.6. The van der Waals surface area contributed by atoms with Crippen molar-refractivity contribution in [1.29, 1.82) is 0 Å². The van der Waals surface area contributed by atoms with Gasteiger partial charge in [0.2, 0.25) is 5.91 Å². The van der Waals surface area contributed by atoms with Gasteiger partial charge in [0.1, 0.15) is 11.8 Å². The minimum atomic E-state index is -0.545. The molecule has 0 spiro atoms. The number of piperidine rings is 1. The van der Waals surface area contributed by atoms with Crippen LogP contribution in [-0.4, -0.2) is 60.5 Å². The van der Waals surface area contributed by atoms with E-state index in [-0.39, 0.29) is 24.5 Å². The van der Waals surface area contributed by atoms with Crippen molar-refractivity contribution in [3.63, 3.8) is 0 Å². The number of likely N-dealkylation sites (tertiary alicyclic amines) is 1. The molecule has 2 N–H and O–H groups in total. The zero-order valence-corrected chi connectivity index (χ0v) is 19.5. The molecule has 2 aromatic rings. The molecule has 1 heterocycles. The van der Waals surface area contributed by atoms with Gasteiger partial charge in [-0.05, 0) is 49.0 Å². The SMILES string of the molecule is CSCCC(NC(=O)COc1ccccc1)C(=O)NC1CCN(Cc2ccccc2)CC1. The van der Waals surface area contributed by atoms with Crippen LogP contribution in [0.5, 0.6) is 5.75 Å². The molecule has 1 aliphatic heterocycles. The number of benzene rings is 2. The standard InChI is InChI=1S/C25H33N3O3S/c1-32-17-14-23(27-24(29)19-31-22-10-6-3-7-11-22)25(30)26-21-12-15-28(16-13-21)18-20-8-4-2-5-9-20/h2-11,21,23H,12-19H2,1H3,(H,26,30)(H,27,29). The van der Waals surface area contributed by atoms with Gasteiger partial charge in [-0.15, -0.1) is 0 Å². The molecule has 0 aliphatic carbocycles. The summed E-state index contributed by atoms with van der Waals surface area (Å²) in [6.45, 7) is 2.74. The van der Waals surface area contributed by atoms with Crippen molar-refractivity contribution in [2.24, 2.45) is 0 Å². The van der Waals surface area contributed by atoms with Gasteiger partial charge in [0.25, 0.3) is 5.91 Å². The van der Waals surface area contributed by atoms with Gasteiger partial charge in [0.05, 0.1) is 0 Å². The summed E-state index contributed by atoms with van der Waals surface area (Å²) >= 11 is 1.66. The van der Waals surface area contributed by atoms with Crippen molar-refractivity contribution in [3.05, 3.63) is 66.2 Å². The van der Waals surface area contributed by atoms with Crippen molar-refractivity contribution < 1.29 is 14.3 Å². The predicted molar refractivity (Wildman–Crippen MR) is 130 cm³/mol. The van der Waals surface area contributed by atoms with Gasteiger partial charge >= 0.3 is 0 Å². The predicted octanol–water partition coefficient (Wildman–Crippen LogP) is 3.08. The summed E-state index contributed by atoms with van der Waals surface area (Å²) in [5.74, 6) is 1.05. The van der Waals surface area contributed by atoms with Crippen molar-refractivity contribution in [2.75, 3.05) is 31.7 Å². The first-order chi connectivity index (χ1) is 15.6. The number of thioether (sulfide) groups is 1. The van der Waals surface area contributed by atoms with E-state index < -0.39 is 6.04 Å². The van der Waals surface area contributed by atoms with E-state index in [0.29, 0.717) is 12.2 Å². The number of rotatable bonds is 11. The Kier molecular flexibility index (Phi) is 9.91. The second-order valence-electron chi connectivity index (χ2n) is 8.05. The van der Waals surface area contributed by atoms with E-state index in [1.54, 1.807) is 23.9 Å². The van der Waals surface area contributed by atoms with Gasteiger partial charge in [0.15, 0.2) is 6.61 Å². The summed E-state index contributed by atoms with van der Waals surface area (Å²) in [5, 5.41) is 6.01. The molecule has 1 unspecified atom stereocenters. The fourth-order valence-electron chi connectivity index (χ4n) is 3.78. The van der Waals surface area contributed by atoms with Gasteiger partial charge in [0, 0.05) is 25.7 Å². The van der Waals surface area contributed by atoms with Crippen LogP contribution in [0, 0.1) is 0 Å². The maximum absolute atomic E-state index is 12.9. The van der Waals surface area contributed by atoms with Crippen LogP contribution in [0.4, 0.5) is 0 Å². The fourth-order valence-corrected chi connectivity index (χ4v) is 4.26. The molecule has 7 heteroatoms. The highest BCUT2D eigenvalue weighted by atomic mass is 32.2. The van der Waals surface area contributed by atoms with Crippen LogP contribution in [0.1, 0.15) is 24.8 Å². The smallest absolute Gasteiger partial charge is 0.258 e. The Morgan fingerprint density at radius 2 is 1.72 bits per heavy atom. The molecule has 6 nitrogen and oxygen atoms in total. The first-order valence-electron chi connectivity index (χ1n) is 11.2. The van der Waals surface area contributed by atoms with E-state index in [4.69, 9.17) is 4.74 Å². The first kappa shape index (κ1) is 24.1. The lowest BCUT2D eigenvalue weighted by Gasteiger charge is -2.33. The quantitative estimate of drug-likeness (QED) is 0.545. The van der Waals surface area contributed by atoms with Gasteiger partial charge in [-0.2, -0.15) is 11.8 Å². The molecule has 32 heavy (non-hydrogen) atoms. The van der Waals surface area contributed by atoms with Crippen LogP contribution in [0.25, 0.3) is 0 Å². The summed E-state index contributed by atoms with van der Waals surface area (Å²) in [5.41, 5.74) is 1.31. The molecule has 1 fully saturated rings. The summed E-state index contributed by atoms with van der Waals surface area (Å²) in [4.78, 5) is 27.7. The highest BCUT2D eigenvalue weighted by Gasteiger charge is 2.25. The van der Waals surface area contributed by atoms with Gasteiger partial charge in [-0.25, -0.2) is 0 Å². The summed E-state index contributed by atoms with van der Waals surface area (Å²) in [6.07, 6.45) is 4.42. The van der Waals surface area contributed by atoms with Crippen molar-refractivity contribution in [1.82, 2.24) is 15.5 Å². The average molecular weight is 456 g/mol.